The van der Waals surface area contributed by atoms with Gasteiger partial charge in [-0.2, -0.15) is 13.2 Å². The number of rotatable bonds is 3. The highest BCUT2D eigenvalue weighted by Gasteiger charge is 2.47. The monoisotopic (exact) mass is 579 g/mol. The standard InChI is InChI=1S/C26H21F4N3O6S/c1-3-25(38)12-4-16-19-10(6-33(16)23(36)11(12)7-39-24(25)37)17-15(32-22(35)21(34)26(28,29)30)8-40-20-9(2)13(27)5-14(31-19)18(17)20/h4-5,15,21,34,38H,3,6-8H2,1-2H3,(H,32,35)/t15?,21?,25-/m0/s1. The molecular formula is C26H21F4N3O6S. The Labute approximate surface area is 227 Å². The number of fused-ring (bicyclic) bond motifs is 5. The lowest BCUT2D eigenvalue weighted by molar-refractivity contribution is -0.205. The number of cyclic esters (lactones) is 1. The molecule has 3 aliphatic heterocycles. The number of carbonyl (C=O) groups is 2. The fraction of sp³-hybridized carbons (Fsp3) is 0.385. The number of halogens is 4. The van der Waals surface area contributed by atoms with Gasteiger partial charge in [0.2, 0.25) is 6.10 Å². The summed E-state index contributed by atoms with van der Waals surface area (Å²) in [5.41, 5.74) is -0.834. The smallest absolute Gasteiger partial charge is 0.423 e. The first kappa shape index (κ1) is 26.7. The summed E-state index contributed by atoms with van der Waals surface area (Å²) in [5.74, 6) is -3.09. The van der Waals surface area contributed by atoms with Crippen molar-refractivity contribution in [3.8, 4) is 11.4 Å². The Bertz CT molecular complexity index is 1720. The maximum Gasteiger partial charge on any atom is 0.423 e. The number of nitrogens with zero attached hydrogens (tertiary/aromatic N) is 2. The first-order valence-electron chi connectivity index (χ1n) is 12.3. The molecule has 0 saturated carbocycles. The average Bonchev–Trinajstić information content (AvgIpc) is 3.27. The maximum atomic E-state index is 14.9. The van der Waals surface area contributed by atoms with Crippen molar-refractivity contribution in [2.24, 2.45) is 0 Å². The molecule has 3 atom stereocenters. The van der Waals surface area contributed by atoms with E-state index in [-0.39, 0.29) is 53.4 Å². The van der Waals surface area contributed by atoms with Crippen LogP contribution in [0.5, 0.6) is 0 Å². The molecule has 9 nitrogen and oxygen atoms in total. The molecule has 0 saturated heterocycles. The molecule has 1 amide bonds. The molecule has 0 bridgehead atoms. The predicted octanol–water partition coefficient (Wildman–Crippen LogP) is 2.71. The van der Waals surface area contributed by atoms with Gasteiger partial charge in [0.1, 0.15) is 12.4 Å². The summed E-state index contributed by atoms with van der Waals surface area (Å²) in [7, 11) is 0. The van der Waals surface area contributed by atoms with Crippen molar-refractivity contribution >= 4 is 34.5 Å². The van der Waals surface area contributed by atoms with E-state index in [2.05, 4.69) is 10.3 Å². The third kappa shape index (κ3) is 3.62. The van der Waals surface area contributed by atoms with Gasteiger partial charge >= 0.3 is 12.1 Å². The van der Waals surface area contributed by atoms with Gasteiger partial charge in [-0.1, -0.05) is 6.92 Å². The van der Waals surface area contributed by atoms with Crippen LogP contribution in [0.3, 0.4) is 0 Å². The lowest BCUT2D eigenvalue weighted by atomic mass is 9.86. The number of ether oxygens (including phenoxy) is 1. The van der Waals surface area contributed by atoms with Crippen molar-refractivity contribution in [2.75, 3.05) is 5.75 Å². The van der Waals surface area contributed by atoms with Crippen LogP contribution in [-0.4, -0.2) is 49.7 Å². The molecule has 3 N–H and O–H groups in total. The highest BCUT2D eigenvalue weighted by Crippen LogP contribution is 2.48. The van der Waals surface area contributed by atoms with Crippen LogP contribution in [0.4, 0.5) is 17.6 Å². The Balaban J connectivity index is 1.60. The third-order valence-electron chi connectivity index (χ3n) is 7.78. The van der Waals surface area contributed by atoms with Crippen LogP contribution in [0.25, 0.3) is 22.3 Å². The van der Waals surface area contributed by atoms with Crippen LogP contribution in [0.2, 0.25) is 0 Å². The Morgan fingerprint density at radius 3 is 2.73 bits per heavy atom. The molecule has 14 heteroatoms. The van der Waals surface area contributed by atoms with E-state index in [9.17, 15) is 42.2 Å². The van der Waals surface area contributed by atoms with Crippen LogP contribution in [-0.2, 0) is 33.1 Å². The maximum absolute atomic E-state index is 14.9. The minimum atomic E-state index is -5.18. The number of nitrogens with one attached hydrogen (secondary N) is 1. The van der Waals surface area contributed by atoms with E-state index in [4.69, 9.17) is 4.74 Å². The van der Waals surface area contributed by atoms with Gasteiger partial charge in [-0.25, -0.2) is 14.2 Å². The van der Waals surface area contributed by atoms with Crippen LogP contribution >= 0.6 is 11.8 Å². The zero-order valence-corrected chi connectivity index (χ0v) is 21.8. The van der Waals surface area contributed by atoms with E-state index >= 15 is 0 Å². The first-order valence-corrected chi connectivity index (χ1v) is 13.3. The van der Waals surface area contributed by atoms with Gasteiger partial charge in [-0.15, -0.1) is 11.8 Å². The molecule has 3 aliphatic rings. The molecule has 0 fully saturated rings. The second kappa shape index (κ2) is 8.75. The van der Waals surface area contributed by atoms with Crippen molar-refractivity contribution in [3.63, 3.8) is 0 Å². The molecule has 3 aromatic rings. The molecule has 0 spiro atoms. The molecule has 5 heterocycles. The normalized spacial score (nSPS) is 21.9. The fourth-order valence-corrected chi connectivity index (χ4v) is 6.89. The van der Waals surface area contributed by atoms with Crippen molar-refractivity contribution in [1.29, 1.82) is 0 Å². The van der Waals surface area contributed by atoms with E-state index in [0.29, 0.717) is 27.0 Å². The molecular weight excluding hydrogens is 558 g/mol. The number of aromatic nitrogens is 2. The van der Waals surface area contributed by atoms with Gasteiger partial charge in [0.15, 0.2) is 5.60 Å². The summed E-state index contributed by atoms with van der Waals surface area (Å²) in [4.78, 5) is 43.5. The summed E-state index contributed by atoms with van der Waals surface area (Å²) in [6.45, 7) is 2.67. The van der Waals surface area contributed by atoms with E-state index < -0.39 is 47.2 Å². The molecule has 1 aromatic carbocycles. The number of pyridine rings is 2. The van der Waals surface area contributed by atoms with Crippen LogP contribution < -0.4 is 10.9 Å². The molecule has 0 radical (unpaired) electrons. The average molecular weight is 580 g/mol. The van der Waals surface area contributed by atoms with E-state index in [1.807, 2.05) is 0 Å². The van der Waals surface area contributed by atoms with Crippen molar-refractivity contribution in [3.05, 3.63) is 56.1 Å². The molecule has 210 valence electrons. The summed E-state index contributed by atoms with van der Waals surface area (Å²) >= 11 is 1.13. The minimum absolute atomic E-state index is 0.0266. The number of carbonyl (C=O) groups excluding carboxylic acids is 2. The number of alkyl halides is 3. The number of hydrogen-bond donors (Lipinski definition) is 3. The van der Waals surface area contributed by atoms with Gasteiger partial charge < -0.3 is 24.8 Å². The topological polar surface area (TPSA) is 131 Å². The van der Waals surface area contributed by atoms with Crippen LogP contribution in [0.15, 0.2) is 21.8 Å². The zero-order valence-electron chi connectivity index (χ0n) is 21.0. The van der Waals surface area contributed by atoms with Gasteiger partial charge in [0.25, 0.3) is 11.5 Å². The van der Waals surface area contributed by atoms with E-state index in [1.165, 1.54) is 16.7 Å². The van der Waals surface area contributed by atoms with Gasteiger partial charge in [0, 0.05) is 33.2 Å². The number of aliphatic hydroxyl groups is 2. The Morgan fingerprint density at radius 2 is 2.05 bits per heavy atom. The Kier molecular flexibility index (Phi) is 5.85. The lowest BCUT2D eigenvalue weighted by Crippen LogP contribution is -2.46. The van der Waals surface area contributed by atoms with E-state index in [1.54, 1.807) is 13.8 Å². The number of amides is 1. The number of hydrogen-bond acceptors (Lipinski definition) is 8. The van der Waals surface area contributed by atoms with E-state index in [0.717, 1.165) is 11.8 Å². The molecule has 2 unspecified atom stereocenters. The van der Waals surface area contributed by atoms with Gasteiger partial charge in [-0.05, 0) is 30.5 Å². The summed E-state index contributed by atoms with van der Waals surface area (Å²) < 4.78 is 60.5. The summed E-state index contributed by atoms with van der Waals surface area (Å²) in [6, 6.07) is 1.59. The Hall–Kier alpha value is -3.49. The second-order valence-corrected chi connectivity index (χ2v) is 11.0. The first-order chi connectivity index (χ1) is 18.8. The Morgan fingerprint density at radius 1 is 1.32 bits per heavy atom. The van der Waals surface area contributed by atoms with Crippen molar-refractivity contribution in [1.82, 2.24) is 14.9 Å². The van der Waals surface area contributed by atoms with Gasteiger partial charge in [0.05, 0.1) is 35.1 Å². The summed E-state index contributed by atoms with van der Waals surface area (Å²) in [5, 5.41) is 23.3. The highest BCUT2D eigenvalue weighted by molar-refractivity contribution is 7.99. The second-order valence-electron chi connectivity index (χ2n) is 9.98. The number of thioether (sulfide) groups is 1. The quantitative estimate of drug-likeness (QED) is 0.250. The van der Waals surface area contributed by atoms with Crippen LogP contribution in [0.1, 0.15) is 47.2 Å². The minimum Gasteiger partial charge on any atom is -0.458 e. The molecule has 0 aliphatic carbocycles. The van der Waals surface area contributed by atoms with Crippen molar-refractivity contribution in [2.45, 2.75) is 62.2 Å². The highest BCUT2D eigenvalue weighted by atomic mass is 32.2. The number of esters is 1. The summed E-state index contributed by atoms with van der Waals surface area (Å²) in [6.07, 6.45) is -8.52. The predicted molar refractivity (Wildman–Crippen MR) is 133 cm³/mol. The number of benzene rings is 1. The number of aliphatic hydroxyl groups excluding tert-OH is 1. The largest absolute Gasteiger partial charge is 0.458 e. The lowest BCUT2D eigenvalue weighted by Gasteiger charge is -2.31. The third-order valence-corrected chi connectivity index (χ3v) is 9.08. The SMILES string of the molecule is CC[C@@]1(O)C(=O)OCc2c1cc1n(c2=O)Cc2c-1nc1cc(F)c(C)c3c1c2C(NC(=O)C(O)C(F)(F)F)CS3. The van der Waals surface area contributed by atoms with Gasteiger partial charge in [-0.3, -0.25) is 9.59 Å². The fourth-order valence-electron chi connectivity index (χ4n) is 5.64. The molecule has 2 aromatic heterocycles. The zero-order chi connectivity index (χ0) is 28.9. The van der Waals surface area contributed by atoms with Crippen LogP contribution in [0, 0.1) is 12.7 Å². The molecule has 40 heavy (non-hydrogen) atoms. The van der Waals surface area contributed by atoms with Crippen molar-refractivity contribution < 1.29 is 42.1 Å². The molecule has 6 rings (SSSR count).